The molecule has 9 heteroatoms. The Labute approximate surface area is 205 Å². The number of imide groups is 1. The van der Waals surface area contributed by atoms with Crippen LogP contribution in [-0.4, -0.2) is 39.6 Å². The molecule has 3 amide bonds. The monoisotopic (exact) mass is 489 g/mol. The van der Waals surface area contributed by atoms with Gasteiger partial charge in [0.25, 0.3) is 5.91 Å². The van der Waals surface area contributed by atoms with Gasteiger partial charge in [-0.3, -0.25) is 29.4 Å². The summed E-state index contributed by atoms with van der Waals surface area (Å²) in [6, 6.07) is 16.1. The van der Waals surface area contributed by atoms with Crippen molar-refractivity contribution < 1.29 is 24.3 Å². The van der Waals surface area contributed by atoms with E-state index in [4.69, 9.17) is 0 Å². The van der Waals surface area contributed by atoms with Gasteiger partial charge in [0.1, 0.15) is 6.23 Å². The van der Waals surface area contributed by atoms with Crippen LogP contribution in [0, 0.1) is 0 Å². The van der Waals surface area contributed by atoms with Gasteiger partial charge < -0.3 is 10.4 Å². The lowest BCUT2D eigenvalue weighted by Crippen LogP contribution is -2.51. The highest BCUT2D eigenvalue weighted by Crippen LogP contribution is 2.40. The second-order valence-corrected chi connectivity index (χ2v) is 9.53. The third-order valence-corrected chi connectivity index (χ3v) is 7.47. The van der Waals surface area contributed by atoms with E-state index in [1.165, 1.54) is 11.3 Å². The summed E-state index contributed by atoms with van der Waals surface area (Å²) < 4.78 is 0. The van der Waals surface area contributed by atoms with Crippen LogP contribution in [0.1, 0.15) is 45.4 Å². The molecular weight excluding hydrogens is 466 g/mol. The average molecular weight is 490 g/mol. The third kappa shape index (κ3) is 4.53. The Morgan fingerprint density at radius 1 is 1.06 bits per heavy atom. The second kappa shape index (κ2) is 9.53. The highest BCUT2D eigenvalue weighted by Gasteiger charge is 2.41. The largest absolute Gasteiger partial charge is 0.374 e. The molecule has 3 aromatic rings. The van der Waals surface area contributed by atoms with Crippen molar-refractivity contribution in [1.29, 1.82) is 0 Å². The fourth-order valence-corrected chi connectivity index (χ4v) is 5.54. The van der Waals surface area contributed by atoms with E-state index in [0.29, 0.717) is 24.1 Å². The van der Waals surface area contributed by atoms with E-state index in [-0.39, 0.29) is 18.9 Å². The zero-order valence-corrected chi connectivity index (χ0v) is 19.5. The Kier molecular flexibility index (Phi) is 6.29. The second-order valence-electron chi connectivity index (χ2n) is 8.56. The summed E-state index contributed by atoms with van der Waals surface area (Å²) >= 11 is 1.39. The number of carbonyl (C=O) groups is 4. The van der Waals surface area contributed by atoms with Crippen molar-refractivity contribution in [2.24, 2.45) is 0 Å². The molecule has 0 bridgehead atoms. The van der Waals surface area contributed by atoms with Crippen molar-refractivity contribution in [3.05, 3.63) is 81.5 Å². The van der Waals surface area contributed by atoms with Crippen molar-refractivity contribution in [2.45, 2.75) is 38.2 Å². The molecule has 2 aliphatic rings. The molecule has 0 saturated carbocycles. The predicted octanol–water partition coefficient (Wildman–Crippen LogP) is 2.53. The summed E-state index contributed by atoms with van der Waals surface area (Å²) in [5, 5.41) is 17.5. The van der Waals surface area contributed by atoms with Crippen LogP contribution in [0.25, 0.3) is 11.1 Å². The molecule has 1 fully saturated rings. The number of rotatable bonds is 6. The molecule has 35 heavy (non-hydrogen) atoms. The molecule has 3 heterocycles. The predicted molar refractivity (Wildman–Crippen MR) is 129 cm³/mol. The van der Waals surface area contributed by atoms with E-state index in [1.54, 1.807) is 22.4 Å². The van der Waals surface area contributed by atoms with Gasteiger partial charge in [0.15, 0.2) is 0 Å². The molecule has 3 N–H and O–H groups in total. The minimum absolute atomic E-state index is 0.141. The van der Waals surface area contributed by atoms with Gasteiger partial charge in [-0.1, -0.05) is 54.6 Å². The zero-order valence-electron chi connectivity index (χ0n) is 18.7. The number of thiophene rings is 1. The van der Waals surface area contributed by atoms with Crippen LogP contribution < -0.4 is 10.6 Å². The molecule has 2 aromatic carbocycles. The summed E-state index contributed by atoms with van der Waals surface area (Å²) in [7, 11) is 0. The molecule has 8 nitrogen and oxygen atoms in total. The summed E-state index contributed by atoms with van der Waals surface area (Å²) in [5.41, 5.74) is 3.81. The van der Waals surface area contributed by atoms with Gasteiger partial charge >= 0.3 is 0 Å². The number of aliphatic hydroxyl groups excluding tert-OH is 1. The quantitative estimate of drug-likeness (QED) is 0.278. The first-order chi connectivity index (χ1) is 16.9. The van der Waals surface area contributed by atoms with Crippen molar-refractivity contribution in [1.82, 2.24) is 15.5 Å². The van der Waals surface area contributed by atoms with Crippen LogP contribution in [0.5, 0.6) is 0 Å². The standard InChI is InChI=1S/C26H23N3O5S/c30-22-11-10-20(24(32)28-22)29-13-18-19(26(29)34)14-35-21(18)12-27-25(33)23(31)17-8-6-16(7-9-17)15-4-2-1-3-5-15/h1-9,14,20,26,34H,10-13H2,(H,27,33)(H,28,30,32). The number of fused-ring (bicyclic) bond motifs is 1. The van der Waals surface area contributed by atoms with E-state index in [0.717, 1.165) is 21.6 Å². The first-order valence-electron chi connectivity index (χ1n) is 11.3. The molecule has 2 atom stereocenters. The fourth-order valence-electron chi connectivity index (χ4n) is 4.53. The van der Waals surface area contributed by atoms with E-state index >= 15 is 0 Å². The summed E-state index contributed by atoms with van der Waals surface area (Å²) in [4.78, 5) is 51.3. The lowest BCUT2D eigenvalue weighted by atomic mass is 10.0. The van der Waals surface area contributed by atoms with Crippen molar-refractivity contribution in [3.8, 4) is 11.1 Å². The fraction of sp³-hybridized carbons (Fsp3) is 0.231. The number of nitrogens with zero attached hydrogens (tertiary/aromatic N) is 1. The molecule has 5 rings (SSSR count). The molecule has 1 saturated heterocycles. The van der Waals surface area contributed by atoms with Crippen LogP contribution in [0.4, 0.5) is 0 Å². The molecule has 0 radical (unpaired) electrons. The zero-order chi connectivity index (χ0) is 24.5. The van der Waals surface area contributed by atoms with E-state index in [9.17, 15) is 24.3 Å². The van der Waals surface area contributed by atoms with Crippen molar-refractivity contribution in [2.75, 3.05) is 0 Å². The maximum atomic E-state index is 12.6. The maximum absolute atomic E-state index is 12.6. The van der Waals surface area contributed by atoms with Gasteiger partial charge in [-0.15, -0.1) is 11.3 Å². The van der Waals surface area contributed by atoms with Gasteiger partial charge in [-0.25, -0.2) is 0 Å². The minimum atomic E-state index is -0.959. The van der Waals surface area contributed by atoms with Crippen LogP contribution in [0.3, 0.4) is 0 Å². The molecule has 2 aliphatic heterocycles. The molecule has 1 aromatic heterocycles. The van der Waals surface area contributed by atoms with Crippen LogP contribution >= 0.6 is 11.3 Å². The number of ketones is 1. The highest BCUT2D eigenvalue weighted by atomic mass is 32.1. The summed E-state index contributed by atoms with van der Waals surface area (Å²) in [6.07, 6.45) is -0.387. The topological polar surface area (TPSA) is 116 Å². The lowest BCUT2D eigenvalue weighted by molar-refractivity contribution is -0.141. The number of hydrogen-bond donors (Lipinski definition) is 3. The normalized spacial score (nSPS) is 19.8. The van der Waals surface area contributed by atoms with E-state index < -0.39 is 29.9 Å². The minimum Gasteiger partial charge on any atom is -0.374 e. The van der Waals surface area contributed by atoms with Gasteiger partial charge in [-0.2, -0.15) is 0 Å². The first-order valence-corrected chi connectivity index (χ1v) is 12.1. The number of hydrogen-bond acceptors (Lipinski definition) is 7. The number of carbonyl (C=O) groups excluding carboxylic acids is 4. The lowest BCUT2D eigenvalue weighted by Gasteiger charge is -2.31. The number of amides is 3. The van der Waals surface area contributed by atoms with Gasteiger partial charge in [-0.05, 0) is 28.5 Å². The molecule has 2 unspecified atom stereocenters. The van der Waals surface area contributed by atoms with Gasteiger partial charge in [0.05, 0.1) is 12.6 Å². The molecular formula is C26H23N3O5S. The third-order valence-electron chi connectivity index (χ3n) is 6.43. The Morgan fingerprint density at radius 3 is 2.49 bits per heavy atom. The number of Topliss-reactive ketones (excluding diaryl/α,β-unsaturated/α-hetero) is 1. The Bertz CT molecular complexity index is 1300. The van der Waals surface area contributed by atoms with E-state index in [1.807, 2.05) is 42.5 Å². The Morgan fingerprint density at radius 2 is 1.77 bits per heavy atom. The number of aliphatic hydroxyl groups is 1. The van der Waals surface area contributed by atoms with E-state index in [2.05, 4.69) is 10.6 Å². The number of piperidine rings is 1. The van der Waals surface area contributed by atoms with Crippen LogP contribution in [-0.2, 0) is 27.5 Å². The van der Waals surface area contributed by atoms with Crippen molar-refractivity contribution in [3.63, 3.8) is 0 Å². The number of nitrogens with one attached hydrogen (secondary N) is 2. The highest BCUT2D eigenvalue weighted by molar-refractivity contribution is 7.10. The average Bonchev–Trinajstić information content (AvgIpc) is 3.42. The summed E-state index contributed by atoms with van der Waals surface area (Å²) in [6.45, 7) is 0.467. The molecule has 0 aliphatic carbocycles. The Hall–Kier alpha value is -3.66. The SMILES string of the molecule is O=C1CCC(N2Cc3c(csc3CNC(=O)C(=O)c3ccc(-c4ccccc4)cc3)C2O)C(=O)N1. The van der Waals surface area contributed by atoms with Crippen LogP contribution in [0.15, 0.2) is 60.0 Å². The van der Waals surface area contributed by atoms with Gasteiger partial charge in [0, 0.05) is 29.0 Å². The van der Waals surface area contributed by atoms with Gasteiger partial charge in [0.2, 0.25) is 17.6 Å². The number of benzene rings is 2. The Balaban J connectivity index is 1.22. The first kappa shape index (κ1) is 23.1. The molecule has 0 spiro atoms. The van der Waals surface area contributed by atoms with Crippen LogP contribution in [0.2, 0.25) is 0 Å². The van der Waals surface area contributed by atoms with Crippen molar-refractivity contribution >= 4 is 34.8 Å². The molecule has 178 valence electrons. The maximum Gasteiger partial charge on any atom is 0.292 e. The smallest absolute Gasteiger partial charge is 0.292 e. The summed E-state index contributed by atoms with van der Waals surface area (Å²) in [5.74, 6) is -2.05.